The lowest BCUT2D eigenvalue weighted by atomic mass is 9.71. The van der Waals surface area contributed by atoms with Crippen LogP contribution in [-0.2, 0) is 9.53 Å². The Labute approximate surface area is 104 Å². The van der Waals surface area contributed by atoms with Crippen molar-refractivity contribution in [3.63, 3.8) is 0 Å². The molecule has 0 aliphatic heterocycles. The van der Waals surface area contributed by atoms with E-state index in [1.807, 2.05) is 6.92 Å². The zero-order chi connectivity index (χ0) is 12.9. The van der Waals surface area contributed by atoms with Gasteiger partial charge < -0.3 is 15.2 Å². The average molecular weight is 243 g/mol. The zero-order valence-electron chi connectivity index (χ0n) is 11.2. The monoisotopic (exact) mass is 243 g/mol. The molecule has 0 bridgehead atoms. The fraction of sp³-hybridized carbons (Fsp3) is 0.923. The summed E-state index contributed by atoms with van der Waals surface area (Å²) >= 11 is 0. The standard InChI is InChI=1S/C13H25NO3/c1-4-17-9-11(15)14-10-13(16)7-5-12(2,3)6-8-13/h16H,4-10H2,1-3H3,(H,14,15). The second-order valence-corrected chi connectivity index (χ2v) is 5.80. The van der Waals surface area contributed by atoms with Crippen molar-refractivity contribution in [1.29, 1.82) is 0 Å². The highest BCUT2D eigenvalue weighted by Crippen LogP contribution is 2.39. The second-order valence-electron chi connectivity index (χ2n) is 5.80. The quantitative estimate of drug-likeness (QED) is 0.768. The van der Waals surface area contributed by atoms with Crippen LogP contribution in [0.5, 0.6) is 0 Å². The Kier molecular flexibility index (Phi) is 4.95. The van der Waals surface area contributed by atoms with Gasteiger partial charge in [0.1, 0.15) is 6.61 Å². The SMILES string of the molecule is CCOCC(=O)NCC1(O)CCC(C)(C)CC1. The van der Waals surface area contributed by atoms with Gasteiger partial charge in [0.05, 0.1) is 5.60 Å². The Morgan fingerprint density at radius 3 is 2.41 bits per heavy atom. The highest BCUT2D eigenvalue weighted by atomic mass is 16.5. The van der Waals surface area contributed by atoms with Crippen LogP contribution in [-0.4, -0.2) is 36.4 Å². The molecule has 4 heteroatoms. The molecule has 1 aliphatic carbocycles. The van der Waals surface area contributed by atoms with E-state index in [1.165, 1.54) is 0 Å². The van der Waals surface area contributed by atoms with Crippen molar-refractivity contribution in [3.8, 4) is 0 Å². The van der Waals surface area contributed by atoms with Crippen molar-refractivity contribution in [3.05, 3.63) is 0 Å². The Bertz CT molecular complexity index is 253. The van der Waals surface area contributed by atoms with Gasteiger partial charge in [-0.1, -0.05) is 13.8 Å². The van der Waals surface area contributed by atoms with Crippen LogP contribution in [0, 0.1) is 5.41 Å². The van der Waals surface area contributed by atoms with Gasteiger partial charge in [-0.25, -0.2) is 0 Å². The Balaban J connectivity index is 2.29. The van der Waals surface area contributed by atoms with Crippen LogP contribution < -0.4 is 5.32 Å². The minimum atomic E-state index is -0.725. The number of ether oxygens (including phenoxy) is 1. The van der Waals surface area contributed by atoms with Gasteiger partial charge in [-0.05, 0) is 38.0 Å². The molecule has 17 heavy (non-hydrogen) atoms. The van der Waals surface area contributed by atoms with E-state index in [0.717, 1.165) is 25.7 Å². The Hall–Kier alpha value is -0.610. The van der Waals surface area contributed by atoms with E-state index in [2.05, 4.69) is 19.2 Å². The minimum Gasteiger partial charge on any atom is -0.388 e. The van der Waals surface area contributed by atoms with Gasteiger partial charge in [-0.3, -0.25) is 4.79 Å². The Morgan fingerprint density at radius 2 is 1.88 bits per heavy atom. The number of aliphatic hydroxyl groups is 1. The van der Waals surface area contributed by atoms with Gasteiger partial charge >= 0.3 is 0 Å². The first-order chi connectivity index (χ1) is 7.87. The van der Waals surface area contributed by atoms with E-state index in [9.17, 15) is 9.90 Å². The molecule has 0 aromatic carbocycles. The zero-order valence-corrected chi connectivity index (χ0v) is 11.2. The van der Waals surface area contributed by atoms with Crippen LogP contribution in [0.15, 0.2) is 0 Å². The third-order valence-corrected chi connectivity index (χ3v) is 3.59. The molecular formula is C13H25NO3. The number of hydrogen-bond acceptors (Lipinski definition) is 3. The first kappa shape index (κ1) is 14.5. The van der Waals surface area contributed by atoms with Crippen molar-refractivity contribution in [2.75, 3.05) is 19.8 Å². The van der Waals surface area contributed by atoms with Gasteiger partial charge in [0.15, 0.2) is 0 Å². The highest BCUT2D eigenvalue weighted by Gasteiger charge is 2.36. The van der Waals surface area contributed by atoms with Crippen LogP contribution in [0.25, 0.3) is 0 Å². The number of amides is 1. The molecule has 0 heterocycles. The van der Waals surface area contributed by atoms with Crippen molar-refractivity contribution in [2.45, 2.75) is 52.1 Å². The van der Waals surface area contributed by atoms with E-state index >= 15 is 0 Å². The molecule has 1 rings (SSSR count). The number of carbonyl (C=O) groups excluding carboxylic acids is 1. The molecule has 1 amide bonds. The third kappa shape index (κ3) is 5.04. The summed E-state index contributed by atoms with van der Waals surface area (Å²) < 4.78 is 5.01. The molecular weight excluding hydrogens is 218 g/mol. The van der Waals surface area contributed by atoms with E-state index in [-0.39, 0.29) is 12.5 Å². The third-order valence-electron chi connectivity index (χ3n) is 3.59. The lowest BCUT2D eigenvalue weighted by Crippen LogP contribution is -2.47. The maximum Gasteiger partial charge on any atom is 0.246 e. The highest BCUT2D eigenvalue weighted by molar-refractivity contribution is 5.77. The van der Waals surface area contributed by atoms with Crippen molar-refractivity contribution in [2.24, 2.45) is 5.41 Å². The van der Waals surface area contributed by atoms with Gasteiger partial charge in [0.25, 0.3) is 0 Å². The minimum absolute atomic E-state index is 0.0814. The van der Waals surface area contributed by atoms with Gasteiger partial charge in [-0.2, -0.15) is 0 Å². The van der Waals surface area contributed by atoms with Crippen LogP contribution >= 0.6 is 0 Å². The molecule has 0 radical (unpaired) electrons. The predicted molar refractivity (Wildman–Crippen MR) is 66.7 cm³/mol. The molecule has 4 nitrogen and oxygen atoms in total. The maximum absolute atomic E-state index is 11.4. The summed E-state index contributed by atoms with van der Waals surface area (Å²) in [7, 11) is 0. The molecule has 0 spiro atoms. The van der Waals surface area contributed by atoms with E-state index in [1.54, 1.807) is 0 Å². The molecule has 0 atom stereocenters. The van der Waals surface area contributed by atoms with Crippen molar-refractivity contribution < 1.29 is 14.6 Å². The first-order valence-electron chi connectivity index (χ1n) is 6.44. The number of hydrogen-bond donors (Lipinski definition) is 2. The molecule has 1 aliphatic rings. The topological polar surface area (TPSA) is 58.6 Å². The van der Waals surface area contributed by atoms with Crippen LogP contribution in [0.2, 0.25) is 0 Å². The van der Waals surface area contributed by atoms with Crippen LogP contribution in [0.1, 0.15) is 46.5 Å². The number of nitrogens with one attached hydrogen (secondary N) is 1. The van der Waals surface area contributed by atoms with E-state index in [0.29, 0.717) is 18.6 Å². The maximum atomic E-state index is 11.4. The summed E-state index contributed by atoms with van der Waals surface area (Å²) in [5, 5.41) is 13.1. The lowest BCUT2D eigenvalue weighted by molar-refractivity contribution is -0.127. The normalized spacial score (nSPS) is 22.1. The average Bonchev–Trinajstić information content (AvgIpc) is 2.29. The van der Waals surface area contributed by atoms with Gasteiger partial charge in [-0.15, -0.1) is 0 Å². The fourth-order valence-electron chi connectivity index (χ4n) is 2.08. The molecule has 0 saturated heterocycles. The number of rotatable bonds is 5. The van der Waals surface area contributed by atoms with E-state index < -0.39 is 5.60 Å². The smallest absolute Gasteiger partial charge is 0.246 e. The lowest BCUT2D eigenvalue weighted by Gasteiger charge is -2.40. The van der Waals surface area contributed by atoms with Gasteiger partial charge in [0, 0.05) is 13.2 Å². The molecule has 1 saturated carbocycles. The first-order valence-corrected chi connectivity index (χ1v) is 6.44. The molecule has 0 unspecified atom stereocenters. The van der Waals surface area contributed by atoms with Crippen molar-refractivity contribution >= 4 is 5.91 Å². The fourth-order valence-corrected chi connectivity index (χ4v) is 2.08. The summed E-state index contributed by atoms with van der Waals surface area (Å²) in [5.74, 6) is -0.148. The Morgan fingerprint density at radius 1 is 1.29 bits per heavy atom. The summed E-state index contributed by atoms with van der Waals surface area (Å²) in [6.45, 7) is 7.25. The summed E-state index contributed by atoms with van der Waals surface area (Å²) in [4.78, 5) is 11.4. The molecule has 100 valence electrons. The molecule has 1 fully saturated rings. The molecule has 2 N–H and O–H groups in total. The summed E-state index contributed by atoms with van der Waals surface area (Å²) in [5.41, 5.74) is -0.404. The largest absolute Gasteiger partial charge is 0.388 e. The predicted octanol–water partition coefficient (Wildman–Crippen LogP) is 1.47. The van der Waals surface area contributed by atoms with Crippen LogP contribution in [0.3, 0.4) is 0 Å². The van der Waals surface area contributed by atoms with Gasteiger partial charge in [0.2, 0.25) is 5.91 Å². The van der Waals surface area contributed by atoms with E-state index in [4.69, 9.17) is 4.74 Å². The number of carbonyl (C=O) groups is 1. The summed E-state index contributed by atoms with van der Waals surface area (Å²) in [6, 6.07) is 0. The van der Waals surface area contributed by atoms with Crippen LogP contribution in [0.4, 0.5) is 0 Å². The second kappa shape index (κ2) is 5.83. The summed E-state index contributed by atoms with van der Waals surface area (Å²) in [6.07, 6.45) is 3.53. The molecule has 0 aromatic heterocycles. The van der Waals surface area contributed by atoms with Crippen molar-refractivity contribution in [1.82, 2.24) is 5.32 Å². The molecule has 0 aromatic rings.